The number of hydrogen-bond donors (Lipinski definition) is 1. The zero-order chi connectivity index (χ0) is 17.7. The maximum atomic E-state index is 12.4. The zero-order valence-corrected chi connectivity index (χ0v) is 13.1. The first kappa shape index (κ1) is 17.6. The maximum absolute atomic E-state index is 12.4. The van der Waals surface area contributed by atoms with E-state index in [-0.39, 0.29) is 12.1 Å². The van der Waals surface area contributed by atoms with Crippen LogP contribution in [0.5, 0.6) is 0 Å². The SMILES string of the molecule is N#Cc1cccc(CNC(=O)c2ccc(S(=O)(=O)C(F)F)cc2)c1. The van der Waals surface area contributed by atoms with Crippen molar-refractivity contribution in [2.75, 3.05) is 0 Å². The van der Waals surface area contributed by atoms with E-state index in [0.29, 0.717) is 5.56 Å². The van der Waals surface area contributed by atoms with Crippen LogP contribution in [0.2, 0.25) is 0 Å². The molecule has 1 amide bonds. The van der Waals surface area contributed by atoms with Crippen molar-refractivity contribution < 1.29 is 22.0 Å². The normalized spacial score (nSPS) is 11.1. The van der Waals surface area contributed by atoms with E-state index in [1.807, 2.05) is 6.07 Å². The molecular formula is C16H12F2N2O3S. The predicted molar refractivity (Wildman–Crippen MR) is 82.0 cm³/mol. The number of sulfone groups is 1. The summed E-state index contributed by atoms with van der Waals surface area (Å²) in [6.07, 6.45) is 0. The first-order valence-corrected chi connectivity index (χ1v) is 8.28. The molecule has 0 heterocycles. The van der Waals surface area contributed by atoms with Gasteiger partial charge in [0.05, 0.1) is 16.5 Å². The highest BCUT2D eigenvalue weighted by atomic mass is 32.2. The fourth-order valence-electron chi connectivity index (χ4n) is 1.93. The number of halogens is 2. The number of hydrogen-bond acceptors (Lipinski definition) is 4. The molecule has 0 fully saturated rings. The van der Waals surface area contributed by atoms with E-state index >= 15 is 0 Å². The highest BCUT2D eigenvalue weighted by Gasteiger charge is 2.26. The van der Waals surface area contributed by atoms with Crippen molar-refractivity contribution in [2.24, 2.45) is 0 Å². The van der Waals surface area contributed by atoms with Crippen molar-refractivity contribution in [3.05, 3.63) is 65.2 Å². The van der Waals surface area contributed by atoms with Gasteiger partial charge in [0.2, 0.25) is 9.84 Å². The lowest BCUT2D eigenvalue weighted by molar-refractivity contribution is 0.0951. The maximum Gasteiger partial charge on any atom is 0.341 e. The molecule has 0 saturated heterocycles. The Balaban J connectivity index is 2.07. The van der Waals surface area contributed by atoms with Crippen LogP contribution in [0.3, 0.4) is 0 Å². The molecule has 0 aliphatic rings. The van der Waals surface area contributed by atoms with Crippen LogP contribution in [0.4, 0.5) is 8.78 Å². The van der Waals surface area contributed by atoms with Crippen LogP contribution in [0, 0.1) is 11.3 Å². The smallest absolute Gasteiger partial charge is 0.341 e. The number of amides is 1. The van der Waals surface area contributed by atoms with Crippen LogP contribution >= 0.6 is 0 Å². The van der Waals surface area contributed by atoms with E-state index < -0.39 is 26.4 Å². The number of rotatable bonds is 5. The van der Waals surface area contributed by atoms with Crippen molar-refractivity contribution >= 4 is 15.7 Å². The summed E-state index contributed by atoms with van der Waals surface area (Å²) in [7, 11) is -4.68. The van der Waals surface area contributed by atoms with Crippen LogP contribution < -0.4 is 5.32 Å². The highest BCUT2D eigenvalue weighted by Crippen LogP contribution is 2.18. The first-order chi connectivity index (χ1) is 11.3. The van der Waals surface area contributed by atoms with Crippen LogP contribution in [-0.2, 0) is 16.4 Å². The van der Waals surface area contributed by atoms with E-state index in [4.69, 9.17) is 5.26 Å². The molecule has 2 aromatic carbocycles. The predicted octanol–water partition coefficient (Wildman–Crippen LogP) is 2.48. The van der Waals surface area contributed by atoms with Crippen molar-refractivity contribution in [2.45, 2.75) is 17.2 Å². The Morgan fingerprint density at radius 1 is 1.17 bits per heavy atom. The summed E-state index contributed by atoms with van der Waals surface area (Å²) in [5.74, 6) is -4.00. The number of nitrogens with one attached hydrogen (secondary N) is 1. The lowest BCUT2D eigenvalue weighted by Crippen LogP contribution is -2.23. The second kappa shape index (κ2) is 7.19. The molecule has 0 bridgehead atoms. The molecular weight excluding hydrogens is 338 g/mol. The van der Waals surface area contributed by atoms with E-state index in [1.54, 1.807) is 24.3 Å². The zero-order valence-electron chi connectivity index (χ0n) is 12.2. The minimum absolute atomic E-state index is 0.139. The number of nitriles is 1. The lowest BCUT2D eigenvalue weighted by atomic mass is 10.1. The molecule has 5 nitrogen and oxygen atoms in total. The second-order valence-electron chi connectivity index (χ2n) is 4.82. The van der Waals surface area contributed by atoms with Gasteiger partial charge in [-0.15, -0.1) is 0 Å². The average molecular weight is 350 g/mol. The molecule has 2 rings (SSSR count). The molecule has 1 N–H and O–H groups in total. The van der Waals surface area contributed by atoms with Gasteiger partial charge in [-0.1, -0.05) is 12.1 Å². The molecule has 124 valence electrons. The molecule has 0 aliphatic carbocycles. The quantitative estimate of drug-likeness (QED) is 0.897. The van der Waals surface area contributed by atoms with Crippen LogP contribution in [-0.4, -0.2) is 20.1 Å². The average Bonchev–Trinajstić information content (AvgIpc) is 2.59. The van der Waals surface area contributed by atoms with Crippen LogP contribution in [0.1, 0.15) is 21.5 Å². The molecule has 0 radical (unpaired) electrons. The van der Waals surface area contributed by atoms with E-state index in [0.717, 1.165) is 29.8 Å². The third-order valence-corrected chi connectivity index (χ3v) is 4.59. The van der Waals surface area contributed by atoms with Gasteiger partial charge in [0.1, 0.15) is 0 Å². The van der Waals surface area contributed by atoms with Gasteiger partial charge in [-0.25, -0.2) is 8.42 Å². The molecule has 0 atom stereocenters. The number of nitrogens with zero attached hydrogens (tertiary/aromatic N) is 1. The van der Waals surface area contributed by atoms with Gasteiger partial charge >= 0.3 is 5.76 Å². The fourth-order valence-corrected chi connectivity index (χ4v) is 2.66. The van der Waals surface area contributed by atoms with Gasteiger partial charge in [-0.3, -0.25) is 4.79 Å². The van der Waals surface area contributed by atoms with Crippen LogP contribution in [0.25, 0.3) is 0 Å². The Morgan fingerprint density at radius 3 is 2.42 bits per heavy atom. The minimum atomic E-state index is -4.68. The van der Waals surface area contributed by atoms with E-state index in [1.165, 1.54) is 0 Å². The Morgan fingerprint density at radius 2 is 1.83 bits per heavy atom. The summed E-state index contributed by atoms with van der Waals surface area (Å²) in [4.78, 5) is 11.4. The monoisotopic (exact) mass is 350 g/mol. The minimum Gasteiger partial charge on any atom is -0.348 e. The van der Waals surface area contributed by atoms with Crippen LogP contribution in [0.15, 0.2) is 53.4 Å². The Labute approximate surface area is 137 Å². The topological polar surface area (TPSA) is 87.0 Å². The van der Waals surface area contributed by atoms with Gasteiger partial charge < -0.3 is 5.32 Å². The molecule has 0 saturated carbocycles. The van der Waals surface area contributed by atoms with Crippen molar-refractivity contribution in [3.8, 4) is 6.07 Å². The summed E-state index contributed by atoms with van der Waals surface area (Å²) in [6, 6.07) is 12.9. The molecule has 0 spiro atoms. The molecule has 0 unspecified atom stereocenters. The number of alkyl halides is 2. The highest BCUT2D eigenvalue weighted by molar-refractivity contribution is 7.91. The Bertz CT molecular complexity index is 888. The van der Waals surface area contributed by atoms with Crippen molar-refractivity contribution in [1.29, 1.82) is 5.26 Å². The first-order valence-electron chi connectivity index (χ1n) is 6.74. The molecule has 8 heteroatoms. The number of carbonyl (C=O) groups excluding carboxylic acids is 1. The third-order valence-electron chi connectivity index (χ3n) is 3.19. The summed E-state index contributed by atoms with van der Waals surface area (Å²) in [6.45, 7) is 0.172. The third kappa shape index (κ3) is 3.94. The summed E-state index contributed by atoms with van der Waals surface area (Å²) >= 11 is 0. The Kier molecular flexibility index (Phi) is 5.26. The van der Waals surface area contributed by atoms with E-state index in [9.17, 15) is 22.0 Å². The van der Waals surface area contributed by atoms with Crippen molar-refractivity contribution in [1.82, 2.24) is 5.32 Å². The molecule has 0 aromatic heterocycles. The van der Waals surface area contributed by atoms with Gasteiger partial charge in [-0.2, -0.15) is 14.0 Å². The summed E-state index contributed by atoms with van der Waals surface area (Å²) in [5.41, 5.74) is 1.32. The van der Waals surface area contributed by atoms with E-state index in [2.05, 4.69) is 5.32 Å². The van der Waals surface area contributed by atoms with Gasteiger partial charge in [0.15, 0.2) is 0 Å². The van der Waals surface area contributed by atoms with Gasteiger partial charge in [-0.05, 0) is 42.0 Å². The molecule has 24 heavy (non-hydrogen) atoms. The molecule has 0 aliphatic heterocycles. The summed E-state index contributed by atoms with van der Waals surface area (Å²) in [5, 5.41) is 11.4. The summed E-state index contributed by atoms with van der Waals surface area (Å²) < 4.78 is 47.5. The lowest BCUT2D eigenvalue weighted by Gasteiger charge is -2.07. The molecule has 2 aromatic rings. The fraction of sp³-hybridized carbons (Fsp3) is 0.125. The van der Waals surface area contributed by atoms with Gasteiger partial charge in [0, 0.05) is 12.1 Å². The second-order valence-corrected chi connectivity index (χ2v) is 6.74. The number of carbonyl (C=O) groups is 1. The van der Waals surface area contributed by atoms with Gasteiger partial charge in [0.25, 0.3) is 5.91 Å². The van der Waals surface area contributed by atoms with Crippen molar-refractivity contribution in [3.63, 3.8) is 0 Å². The number of benzene rings is 2. The Hall–Kier alpha value is -2.79. The standard InChI is InChI=1S/C16H12F2N2O3S/c17-16(18)24(22,23)14-6-4-13(5-7-14)15(21)20-10-12-3-1-2-11(8-12)9-19/h1-8,16H,10H2,(H,20,21). The largest absolute Gasteiger partial charge is 0.348 e.